The monoisotopic (exact) mass is 297 g/mol. The summed E-state index contributed by atoms with van der Waals surface area (Å²) in [6.45, 7) is 2.83. The van der Waals surface area contributed by atoms with Crippen molar-refractivity contribution in [2.24, 2.45) is 5.92 Å². The zero-order valence-electron chi connectivity index (χ0n) is 9.68. The molecule has 1 aromatic heterocycles. The molecule has 0 spiro atoms. The minimum Gasteiger partial charge on any atom is -0.381 e. The molecule has 1 atom stereocenters. The zero-order chi connectivity index (χ0) is 11.7. The van der Waals surface area contributed by atoms with Crippen LogP contribution in [0.5, 0.6) is 0 Å². The van der Waals surface area contributed by atoms with Crippen LogP contribution in [0.4, 0.5) is 5.95 Å². The SMILES string of the molecule is Brc1cnc(N(C[C@H]2CCOC2)C2CC2)nc1. The van der Waals surface area contributed by atoms with Gasteiger partial charge in [0.15, 0.2) is 0 Å². The number of aromatic nitrogens is 2. The number of hydrogen-bond donors (Lipinski definition) is 0. The fraction of sp³-hybridized carbons (Fsp3) is 0.667. The second-order valence-corrected chi connectivity index (χ2v) is 5.73. The van der Waals surface area contributed by atoms with Gasteiger partial charge in [0.25, 0.3) is 0 Å². The van der Waals surface area contributed by atoms with Gasteiger partial charge in [0.05, 0.1) is 11.1 Å². The van der Waals surface area contributed by atoms with E-state index in [2.05, 4.69) is 30.8 Å². The van der Waals surface area contributed by atoms with Crippen LogP contribution < -0.4 is 4.90 Å². The molecule has 17 heavy (non-hydrogen) atoms. The van der Waals surface area contributed by atoms with Gasteiger partial charge in [0, 0.05) is 37.5 Å². The molecule has 2 fully saturated rings. The first-order valence-corrected chi connectivity index (χ1v) is 6.94. The lowest BCUT2D eigenvalue weighted by Crippen LogP contribution is -2.33. The van der Waals surface area contributed by atoms with E-state index in [1.807, 2.05) is 12.4 Å². The van der Waals surface area contributed by atoms with Crippen LogP contribution in [-0.2, 0) is 4.74 Å². The number of ether oxygens (including phenoxy) is 1. The number of anilines is 1. The van der Waals surface area contributed by atoms with Gasteiger partial charge < -0.3 is 9.64 Å². The molecule has 5 heteroatoms. The van der Waals surface area contributed by atoms with Crippen molar-refractivity contribution in [2.75, 3.05) is 24.7 Å². The largest absolute Gasteiger partial charge is 0.381 e. The summed E-state index contributed by atoms with van der Waals surface area (Å²) in [4.78, 5) is 11.2. The van der Waals surface area contributed by atoms with E-state index in [-0.39, 0.29) is 0 Å². The number of nitrogens with zero attached hydrogens (tertiary/aromatic N) is 3. The molecule has 2 aliphatic rings. The van der Waals surface area contributed by atoms with Gasteiger partial charge in [0.2, 0.25) is 5.95 Å². The summed E-state index contributed by atoms with van der Waals surface area (Å²) in [7, 11) is 0. The van der Waals surface area contributed by atoms with Gasteiger partial charge in [0.1, 0.15) is 0 Å². The quantitative estimate of drug-likeness (QED) is 0.854. The van der Waals surface area contributed by atoms with Crippen LogP contribution in [0.15, 0.2) is 16.9 Å². The summed E-state index contributed by atoms with van der Waals surface area (Å²) in [5.74, 6) is 1.51. The predicted molar refractivity (Wildman–Crippen MR) is 69.0 cm³/mol. The molecule has 0 unspecified atom stereocenters. The predicted octanol–water partition coefficient (Wildman–Crippen LogP) is 2.24. The van der Waals surface area contributed by atoms with Gasteiger partial charge in [-0.1, -0.05) is 0 Å². The van der Waals surface area contributed by atoms with Crippen LogP contribution in [0.3, 0.4) is 0 Å². The Hall–Kier alpha value is -0.680. The van der Waals surface area contributed by atoms with Crippen molar-refractivity contribution in [3.8, 4) is 0 Å². The van der Waals surface area contributed by atoms with E-state index >= 15 is 0 Å². The highest BCUT2D eigenvalue weighted by Crippen LogP contribution is 2.31. The molecule has 2 heterocycles. The van der Waals surface area contributed by atoms with Crippen LogP contribution in [0.1, 0.15) is 19.3 Å². The lowest BCUT2D eigenvalue weighted by atomic mass is 10.1. The summed E-state index contributed by atoms with van der Waals surface area (Å²) in [6.07, 6.45) is 7.35. The Balaban J connectivity index is 1.72. The van der Waals surface area contributed by atoms with Gasteiger partial charge in [-0.3, -0.25) is 0 Å². The van der Waals surface area contributed by atoms with E-state index in [1.165, 1.54) is 19.3 Å². The topological polar surface area (TPSA) is 38.2 Å². The maximum absolute atomic E-state index is 5.44. The molecule has 1 aromatic rings. The Morgan fingerprint density at radius 2 is 2.06 bits per heavy atom. The number of rotatable bonds is 4. The van der Waals surface area contributed by atoms with Crippen molar-refractivity contribution in [1.29, 1.82) is 0 Å². The van der Waals surface area contributed by atoms with Gasteiger partial charge in [-0.05, 0) is 35.2 Å². The summed E-state index contributed by atoms with van der Waals surface area (Å²) < 4.78 is 6.37. The molecule has 1 aliphatic carbocycles. The molecule has 1 saturated carbocycles. The first kappa shape index (κ1) is 11.4. The van der Waals surface area contributed by atoms with E-state index in [4.69, 9.17) is 4.74 Å². The van der Waals surface area contributed by atoms with Crippen LogP contribution in [0, 0.1) is 5.92 Å². The molecule has 92 valence electrons. The average molecular weight is 298 g/mol. The van der Waals surface area contributed by atoms with Crippen LogP contribution >= 0.6 is 15.9 Å². The van der Waals surface area contributed by atoms with Crippen molar-refractivity contribution < 1.29 is 4.74 Å². The third kappa shape index (κ3) is 2.77. The van der Waals surface area contributed by atoms with E-state index in [0.717, 1.165) is 30.2 Å². The third-order valence-electron chi connectivity index (χ3n) is 3.33. The lowest BCUT2D eigenvalue weighted by Gasteiger charge is -2.24. The highest BCUT2D eigenvalue weighted by molar-refractivity contribution is 9.10. The maximum atomic E-state index is 5.44. The third-order valence-corrected chi connectivity index (χ3v) is 3.74. The second kappa shape index (κ2) is 4.90. The van der Waals surface area contributed by atoms with Crippen molar-refractivity contribution in [2.45, 2.75) is 25.3 Å². The highest BCUT2D eigenvalue weighted by atomic mass is 79.9. The molecular formula is C12H16BrN3O. The minimum absolute atomic E-state index is 0.642. The molecular weight excluding hydrogens is 282 g/mol. The molecule has 0 N–H and O–H groups in total. The highest BCUT2D eigenvalue weighted by Gasteiger charge is 2.33. The fourth-order valence-corrected chi connectivity index (χ4v) is 2.44. The van der Waals surface area contributed by atoms with Gasteiger partial charge in [-0.25, -0.2) is 9.97 Å². The summed E-state index contributed by atoms with van der Waals surface area (Å²) in [5, 5.41) is 0. The fourth-order valence-electron chi connectivity index (χ4n) is 2.24. The Kier molecular flexibility index (Phi) is 3.29. The number of hydrogen-bond acceptors (Lipinski definition) is 4. The van der Waals surface area contributed by atoms with Crippen LogP contribution in [0.2, 0.25) is 0 Å². The number of halogens is 1. The maximum Gasteiger partial charge on any atom is 0.225 e. The smallest absolute Gasteiger partial charge is 0.225 e. The zero-order valence-corrected chi connectivity index (χ0v) is 11.3. The summed E-state index contributed by atoms with van der Waals surface area (Å²) >= 11 is 3.37. The lowest BCUT2D eigenvalue weighted by molar-refractivity contribution is 0.186. The molecule has 1 aliphatic heterocycles. The van der Waals surface area contributed by atoms with Gasteiger partial charge in [-0.15, -0.1) is 0 Å². The Morgan fingerprint density at radius 3 is 2.65 bits per heavy atom. The average Bonchev–Trinajstić information content (AvgIpc) is 3.05. The Bertz CT molecular complexity index is 374. The van der Waals surface area contributed by atoms with E-state index in [1.54, 1.807) is 0 Å². The van der Waals surface area contributed by atoms with Crippen molar-refractivity contribution >= 4 is 21.9 Å². The van der Waals surface area contributed by atoms with E-state index in [9.17, 15) is 0 Å². The van der Waals surface area contributed by atoms with Crippen molar-refractivity contribution in [1.82, 2.24) is 9.97 Å². The van der Waals surface area contributed by atoms with Crippen molar-refractivity contribution in [3.05, 3.63) is 16.9 Å². The minimum atomic E-state index is 0.642. The summed E-state index contributed by atoms with van der Waals surface area (Å²) in [6, 6.07) is 0.650. The molecule has 4 nitrogen and oxygen atoms in total. The standard InChI is InChI=1S/C12H16BrN3O/c13-10-5-14-12(15-6-10)16(11-1-2-11)7-9-3-4-17-8-9/h5-6,9,11H,1-4,7-8H2/t9-/m1/s1. The Morgan fingerprint density at radius 1 is 1.29 bits per heavy atom. The van der Waals surface area contributed by atoms with Crippen LogP contribution in [-0.4, -0.2) is 35.8 Å². The van der Waals surface area contributed by atoms with E-state index < -0.39 is 0 Å². The normalized spacial score (nSPS) is 23.9. The van der Waals surface area contributed by atoms with Gasteiger partial charge >= 0.3 is 0 Å². The van der Waals surface area contributed by atoms with Crippen LogP contribution in [0.25, 0.3) is 0 Å². The second-order valence-electron chi connectivity index (χ2n) is 4.81. The molecule has 0 bridgehead atoms. The molecule has 3 rings (SSSR count). The molecule has 0 radical (unpaired) electrons. The molecule has 0 amide bonds. The Labute approximate surface area is 110 Å². The summed E-state index contributed by atoms with van der Waals surface area (Å²) in [5.41, 5.74) is 0. The first-order chi connectivity index (χ1) is 8.33. The van der Waals surface area contributed by atoms with Gasteiger partial charge in [-0.2, -0.15) is 0 Å². The van der Waals surface area contributed by atoms with Crippen molar-refractivity contribution in [3.63, 3.8) is 0 Å². The first-order valence-electron chi connectivity index (χ1n) is 6.15. The molecule has 1 saturated heterocycles. The molecule has 0 aromatic carbocycles. The van der Waals surface area contributed by atoms with E-state index in [0.29, 0.717) is 12.0 Å².